The molecule has 0 aliphatic carbocycles. The van der Waals surface area contributed by atoms with E-state index >= 15 is 0 Å². The lowest BCUT2D eigenvalue weighted by atomic mass is 10.1. The van der Waals surface area contributed by atoms with Gasteiger partial charge in [0, 0.05) is 16.3 Å². The van der Waals surface area contributed by atoms with Gasteiger partial charge in [0.2, 0.25) is 0 Å². The number of fused-ring (bicyclic) bond motifs is 3. The molecule has 0 saturated carbocycles. The molecular formula is C23H23N2O2S+. The summed E-state index contributed by atoms with van der Waals surface area (Å²) in [7, 11) is 0. The molecule has 0 atom stereocenters. The van der Waals surface area contributed by atoms with Gasteiger partial charge in [-0.1, -0.05) is 42.5 Å². The van der Waals surface area contributed by atoms with E-state index in [1.165, 1.54) is 4.88 Å². The maximum absolute atomic E-state index is 13.2. The lowest BCUT2D eigenvalue weighted by Gasteiger charge is -2.31. The molecular weight excluding hydrogens is 368 g/mol. The van der Waals surface area contributed by atoms with Gasteiger partial charge in [0.1, 0.15) is 12.1 Å². The Bertz CT molecular complexity index is 1140. The molecule has 28 heavy (non-hydrogen) atoms. The second-order valence-electron chi connectivity index (χ2n) is 7.52. The van der Waals surface area contributed by atoms with Crippen molar-refractivity contribution in [3.05, 3.63) is 70.1 Å². The number of carbonyl (C=O) groups excluding carboxylic acids is 1. The molecule has 3 heterocycles. The zero-order valence-electron chi connectivity index (χ0n) is 15.9. The summed E-state index contributed by atoms with van der Waals surface area (Å²) < 4.78 is 6.14. The Hall–Kier alpha value is -2.63. The molecule has 5 heteroatoms. The van der Waals surface area contributed by atoms with Crippen molar-refractivity contribution < 1.29 is 14.1 Å². The predicted molar refractivity (Wildman–Crippen MR) is 113 cm³/mol. The van der Waals surface area contributed by atoms with Crippen LogP contribution in [0.4, 0.5) is 0 Å². The van der Waals surface area contributed by atoms with Crippen LogP contribution in [0.15, 0.2) is 58.3 Å². The van der Waals surface area contributed by atoms with Gasteiger partial charge in [-0.25, -0.2) is 0 Å². The molecule has 1 amide bonds. The lowest BCUT2D eigenvalue weighted by Crippen LogP contribution is -3.13. The highest BCUT2D eigenvalue weighted by Gasteiger charge is 2.28. The monoisotopic (exact) mass is 391 g/mol. The van der Waals surface area contributed by atoms with Crippen molar-refractivity contribution in [2.45, 2.75) is 13.5 Å². The van der Waals surface area contributed by atoms with Gasteiger partial charge in [-0.3, -0.25) is 4.79 Å². The molecule has 4 nitrogen and oxygen atoms in total. The van der Waals surface area contributed by atoms with E-state index in [-0.39, 0.29) is 5.91 Å². The van der Waals surface area contributed by atoms with E-state index in [1.54, 1.807) is 4.90 Å². The van der Waals surface area contributed by atoms with Crippen molar-refractivity contribution in [3.8, 4) is 0 Å². The summed E-state index contributed by atoms with van der Waals surface area (Å²) >= 11 is 1.81. The average Bonchev–Trinajstić information content (AvgIpc) is 3.36. The van der Waals surface area contributed by atoms with E-state index in [0.29, 0.717) is 5.76 Å². The third kappa shape index (κ3) is 3.01. The summed E-state index contributed by atoms with van der Waals surface area (Å²) in [4.78, 5) is 18.1. The number of furan rings is 1. The first-order valence-electron chi connectivity index (χ1n) is 9.77. The zero-order chi connectivity index (χ0) is 19.1. The molecule has 2 aromatic heterocycles. The van der Waals surface area contributed by atoms with Gasteiger partial charge < -0.3 is 14.2 Å². The Morgan fingerprint density at radius 1 is 1.07 bits per heavy atom. The normalized spacial score (nSPS) is 15.5. The highest BCUT2D eigenvalue weighted by Crippen LogP contribution is 2.32. The number of aryl methyl sites for hydroxylation is 1. The molecule has 1 aliphatic heterocycles. The number of nitrogens with one attached hydrogen (secondary N) is 1. The molecule has 1 aliphatic rings. The van der Waals surface area contributed by atoms with Crippen molar-refractivity contribution in [2.24, 2.45) is 0 Å². The van der Waals surface area contributed by atoms with Crippen LogP contribution in [0.25, 0.3) is 21.7 Å². The number of thiophene rings is 1. The summed E-state index contributed by atoms with van der Waals surface area (Å²) in [5.74, 6) is 0.515. The molecule has 0 unspecified atom stereocenters. The standard InChI is InChI=1S/C23H22N2O2S/c1-16-19-9-8-17-5-2-3-7-20(17)22(19)27-21(16)23(26)25-12-10-24(11-13-25)15-18-6-4-14-28-18/h2-9,14H,10-13,15H2,1H3/p+1. The molecule has 2 aromatic carbocycles. The Morgan fingerprint density at radius 3 is 2.68 bits per heavy atom. The van der Waals surface area contributed by atoms with Gasteiger partial charge in [0.05, 0.1) is 31.1 Å². The first-order valence-corrected chi connectivity index (χ1v) is 10.6. The van der Waals surface area contributed by atoms with Gasteiger partial charge in [-0.15, -0.1) is 11.3 Å². The summed E-state index contributed by atoms with van der Waals surface area (Å²) in [6.45, 7) is 6.55. The quantitative estimate of drug-likeness (QED) is 0.581. The number of piperazine rings is 1. The molecule has 1 N–H and O–H groups in total. The minimum atomic E-state index is 0.0213. The Balaban J connectivity index is 1.37. The van der Waals surface area contributed by atoms with E-state index in [1.807, 2.05) is 35.3 Å². The van der Waals surface area contributed by atoms with Crippen LogP contribution in [0.2, 0.25) is 0 Å². The topological polar surface area (TPSA) is 37.9 Å². The van der Waals surface area contributed by atoms with Gasteiger partial charge in [-0.05, 0) is 23.8 Å². The lowest BCUT2D eigenvalue weighted by molar-refractivity contribution is -0.917. The molecule has 4 aromatic rings. The summed E-state index contributed by atoms with van der Waals surface area (Å²) in [6.07, 6.45) is 0. The van der Waals surface area contributed by atoms with Crippen molar-refractivity contribution in [3.63, 3.8) is 0 Å². The van der Waals surface area contributed by atoms with E-state index in [2.05, 4.69) is 41.8 Å². The Morgan fingerprint density at radius 2 is 1.89 bits per heavy atom. The highest BCUT2D eigenvalue weighted by molar-refractivity contribution is 7.09. The van der Waals surface area contributed by atoms with Gasteiger partial charge in [0.25, 0.3) is 5.91 Å². The predicted octanol–water partition coefficient (Wildman–Crippen LogP) is 3.50. The molecule has 0 bridgehead atoms. The van der Waals surface area contributed by atoms with Gasteiger partial charge >= 0.3 is 0 Å². The van der Waals surface area contributed by atoms with Crippen LogP contribution < -0.4 is 4.90 Å². The van der Waals surface area contributed by atoms with Crippen LogP contribution in [-0.4, -0.2) is 37.0 Å². The number of nitrogens with zero attached hydrogens (tertiary/aromatic N) is 1. The smallest absolute Gasteiger partial charge is 0.290 e. The van der Waals surface area contributed by atoms with Crippen LogP contribution in [-0.2, 0) is 6.54 Å². The van der Waals surface area contributed by atoms with E-state index in [4.69, 9.17) is 4.42 Å². The largest absolute Gasteiger partial charge is 0.450 e. The highest BCUT2D eigenvalue weighted by atomic mass is 32.1. The fourth-order valence-electron chi connectivity index (χ4n) is 4.16. The molecule has 1 saturated heterocycles. The molecule has 0 spiro atoms. The van der Waals surface area contributed by atoms with Crippen LogP contribution in [0, 0.1) is 6.92 Å². The van der Waals surface area contributed by atoms with Crippen molar-refractivity contribution in [1.29, 1.82) is 0 Å². The van der Waals surface area contributed by atoms with Crippen LogP contribution in [0.3, 0.4) is 0 Å². The number of hydrogen-bond donors (Lipinski definition) is 1. The molecule has 0 radical (unpaired) electrons. The maximum Gasteiger partial charge on any atom is 0.290 e. The third-order valence-corrected chi connectivity index (χ3v) is 6.66. The van der Waals surface area contributed by atoms with Crippen molar-refractivity contribution >= 4 is 39.0 Å². The number of rotatable bonds is 3. The van der Waals surface area contributed by atoms with Crippen molar-refractivity contribution in [2.75, 3.05) is 26.2 Å². The number of hydrogen-bond acceptors (Lipinski definition) is 3. The molecule has 142 valence electrons. The maximum atomic E-state index is 13.2. The van der Waals surface area contributed by atoms with Crippen LogP contribution in [0.5, 0.6) is 0 Å². The fraction of sp³-hybridized carbons (Fsp3) is 0.261. The summed E-state index contributed by atoms with van der Waals surface area (Å²) in [6, 6.07) is 16.6. The third-order valence-electron chi connectivity index (χ3n) is 5.78. The second kappa shape index (κ2) is 7.08. The minimum Gasteiger partial charge on any atom is -0.450 e. The first kappa shape index (κ1) is 17.5. The van der Waals surface area contributed by atoms with E-state index in [9.17, 15) is 4.79 Å². The van der Waals surface area contributed by atoms with Gasteiger partial charge in [-0.2, -0.15) is 0 Å². The fourth-order valence-corrected chi connectivity index (χ4v) is 4.94. The summed E-state index contributed by atoms with van der Waals surface area (Å²) in [5, 5.41) is 5.35. The van der Waals surface area contributed by atoms with Crippen molar-refractivity contribution in [1.82, 2.24) is 4.90 Å². The first-order chi connectivity index (χ1) is 13.7. The van der Waals surface area contributed by atoms with Crippen LogP contribution in [0.1, 0.15) is 21.0 Å². The summed E-state index contributed by atoms with van der Waals surface area (Å²) in [5.41, 5.74) is 1.76. The number of amides is 1. The second-order valence-corrected chi connectivity index (χ2v) is 8.55. The van der Waals surface area contributed by atoms with E-state index in [0.717, 1.165) is 60.0 Å². The van der Waals surface area contributed by atoms with E-state index < -0.39 is 0 Å². The zero-order valence-corrected chi connectivity index (χ0v) is 16.7. The SMILES string of the molecule is Cc1c(C(=O)N2CC[NH+](Cc3cccs3)CC2)oc2c1ccc1ccccc12. The number of carbonyl (C=O) groups is 1. The average molecular weight is 392 g/mol. The minimum absolute atomic E-state index is 0.0213. The molecule has 1 fully saturated rings. The molecule has 5 rings (SSSR count). The number of benzene rings is 2. The van der Waals surface area contributed by atoms with Gasteiger partial charge in [0.15, 0.2) is 5.76 Å². The van der Waals surface area contributed by atoms with Crippen LogP contribution >= 0.6 is 11.3 Å². The Labute approximate surface area is 168 Å². The number of quaternary nitrogens is 1. The Kier molecular flexibility index (Phi) is 4.41.